The smallest absolute Gasteiger partial charge is 0.0190 e. The van der Waals surface area contributed by atoms with E-state index in [0.717, 1.165) is 6.42 Å². The van der Waals surface area contributed by atoms with Gasteiger partial charge in [0.05, 0.1) is 0 Å². The minimum atomic E-state index is 0.628. The lowest BCUT2D eigenvalue weighted by atomic mass is 9.92. The van der Waals surface area contributed by atoms with Crippen molar-refractivity contribution in [3.8, 4) is 0 Å². The summed E-state index contributed by atoms with van der Waals surface area (Å²) in [5, 5.41) is 0. The van der Waals surface area contributed by atoms with Crippen molar-refractivity contribution in [2.45, 2.75) is 40.5 Å². The Bertz CT molecular complexity index is 206. The van der Waals surface area contributed by atoms with E-state index in [4.69, 9.17) is 0 Å². The van der Waals surface area contributed by atoms with Crippen LogP contribution in [0.1, 0.15) is 40.5 Å². The zero-order chi connectivity index (χ0) is 10.3. The van der Waals surface area contributed by atoms with Crippen LogP contribution in [0.3, 0.4) is 0 Å². The fourth-order valence-electron chi connectivity index (χ4n) is 1.49. The maximum Gasteiger partial charge on any atom is -0.0190 e. The Hall–Kier alpha value is -0.780. The highest BCUT2D eigenvalue weighted by atomic mass is 14.1. The van der Waals surface area contributed by atoms with Gasteiger partial charge in [-0.05, 0) is 36.8 Å². The first kappa shape index (κ1) is 12.2. The lowest BCUT2D eigenvalue weighted by Crippen LogP contribution is -1.98. The van der Waals surface area contributed by atoms with E-state index < -0.39 is 0 Å². The van der Waals surface area contributed by atoms with E-state index in [-0.39, 0.29) is 0 Å². The third-order valence-corrected chi connectivity index (χ3v) is 2.48. The van der Waals surface area contributed by atoms with Crippen molar-refractivity contribution in [2.75, 3.05) is 0 Å². The highest BCUT2D eigenvalue weighted by molar-refractivity contribution is 5.33. The molecule has 0 nitrogen and oxygen atoms in total. The van der Waals surface area contributed by atoms with Gasteiger partial charge in [-0.15, -0.1) is 0 Å². The molecule has 0 heterocycles. The normalized spacial score (nSPS) is 15.7. The monoisotopic (exact) mass is 178 g/mol. The van der Waals surface area contributed by atoms with Gasteiger partial charge in [-0.3, -0.25) is 0 Å². The fourth-order valence-corrected chi connectivity index (χ4v) is 1.49. The van der Waals surface area contributed by atoms with Crippen molar-refractivity contribution in [3.05, 3.63) is 36.0 Å². The van der Waals surface area contributed by atoms with Crippen LogP contribution in [0, 0.1) is 5.92 Å². The average Bonchev–Trinajstić information content (AvgIpc) is 2.17. The summed E-state index contributed by atoms with van der Waals surface area (Å²) in [5.74, 6) is 0.628. The second kappa shape index (κ2) is 6.71. The second-order valence-electron chi connectivity index (χ2n) is 3.35. The van der Waals surface area contributed by atoms with Crippen molar-refractivity contribution >= 4 is 0 Å². The number of rotatable bonds is 5. The van der Waals surface area contributed by atoms with Gasteiger partial charge >= 0.3 is 0 Å². The topological polar surface area (TPSA) is 0 Å². The van der Waals surface area contributed by atoms with Gasteiger partial charge in [-0.2, -0.15) is 0 Å². The first-order valence-electron chi connectivity index (χ1n) is 5.19. The number of hydrogen-bond acceptors (Lipinski definition) is 0. The van der Waals surface area contributed by atoms with E-state index in [1.54, 1.807) is 0 Å². The molecule has 0 radical (unpaired) electrons. The molecule has 0 saturated heterocycles. The van der Waals surface area contributed by atoms with E-state index in [9.17, 15) is 0 Å². The molecular weight excluding hydrogens is 156 g/mol. The van der Waals surface area contributed by atoms with E-state index in [1.807, 2.05) is 6.08 Å². The van der Waals surface area contributed by atoms with Crippen LogP contribution < -0.4 is 0 Å². The zero-order valence-corrected chi connectivity index (χ0v) is 9.43. The van der Waals surface area contributed by atoms with Gasteiger partial charge in [0.2, 0.25) is 0 Å². The van der Waals surface area contributed by atoms with Crippen LogP contribution in [0.25, 0.3) is 0 Å². The molecule has 0 saturated carbocycles. The molecule has 0 fully saturated rings. The van der Waals surface area contributed by atoms with Gasteiger partial charge in [0.15, 0.2) is 0 Å². The van der Waals surface area contributed by atoms with Gasteiger partial charge in [-0.25, -0.2) is 0 Å². The Balaban J connectivity index is 4.92. The summed E-state index contributed by atoms with van der Waals surface area (Å²) >= 11 is 0. The van der Waals surface area contributed by atoms with Crippen LogP contribution in [-0.2, 0) is 0 Å². The SMILES string of the molecule is C=C/C(=C(\C=C/C)CC)C(C)CC. The summed E-state index contributed by atoms with van der Waals surface area (Å²) in [6, 6.07) is 0. The molecule has 0 heteroatoms. The van der Waals surface area contributed by atoms with Gasteiger partial charge in [0.1, 0.15) is 0 Å². The predicted molar refractivity (Wildman–Crippen MR) is 61.8 cm³/mol. The molecule has 0 N–H and O–H groups in total. The van der Waals surface area contributed by atoms with E-state index in [2.05, 4.69) is 46.4 Å². The molecular formula is C13H22. The van der Waals surface area contributed by atoms with E-state index >= 15 is 0 Å². The molecule has 0 aromatic carbocycles. The summed E-state index contributed by atoms with van der Waals surface area (Å²) < 4.78 is 0. The molecule has 1 unspecified atom stereocenters. The molecule has 1 atom stereocenters. The molecule has 0 spiro atoms. The summed E-state index contributed by atoms with van der Waals surface area (Å²) in [7, 11) is 0. The zero-order valence-electron chi connectivity index (χ0n) is 9.43. The highest BCUT2D eigenvalue weighted by Gasteiger charge is 2.06. The van der Waals surface area contributed by atoms with Gasteiger partial charge in [0.25, 0.3) is 0 Å². The lowest BCUT2D eigenvalue weighted by molar-refractivity contribution is 0.663. The predicted octanol–water partition coefficient (Wildman–Crippen LogP) is 4.50. The number of hydrogen-bond donors (Lipinski definition) is 0. The molecule has 0 amide bonds. The molecule has 0 bridgehead atoms. The average molecular weight is 178 g/mol. The van der Waals surface area contributed by atoms with Crippen LogP contribution in [0.15, 0.2) is 36.0 Å². The van der Waals surface area contributed by atoms with Crippen molar-refractivity contribution in [2.24, 2.45) is 5.92 Å². The lowest BCUT2D eigenvalue weighted by Gasteiger charge is -2.13. The van der Waals surface area contributed by atoms with Crippen molar-refractivity contribution < 1.29 is 0 Å². The molecule has 0 aliphatic carbocycles. The number of allylic oxidation sites excluding steroid dienone is 5. The minimum Gasteiger partial charge on any atom is -0.0988 e. The Labute approximate surface area is 83.0 Å². The van der Waals surface area contributed by atoms with Gasteiger partial charge < -0.3 is 0 Å². The van der Waals surface area contributed by atoms with Crippen LogP contribution in [0.2, 0.25) is 0 Å². The molecule has 74 valence electrons. The van der Waals surface area contributed by atoms with Crippen LogP contribution >= 0.6 is 0 Å². The third kappa shape index (κ3) is 3.63. The quantitative estimate of drug-likeness (QED) is 0.544. The molecule has 0 aliphatic heterocycles. The Morgan fingerprint density at radius 3 is 2.31 bits per heavy atom. The van der Waals surface area contributed by atoms with Crippen LogP contribution in [-0.4, -0.2) is 0 Å². The Morgan fingerprint density at radius 2 is 2.00 bits per heavy atom. The molecule has 0 aromatic heterocycles. The van der Waals surface area contributed by atoms with Crippen LogP contribution in [0.4, 0.5) is 0 Å². The second-order valence-corrected chi connectivity index (χ2v) is 3.35. The van der Waals surface area contributed by atoms with Crippen LogP contribution in [0.5, 0.6) is 0 Å². The maximum atomic E-state index is 3.89. The first-order chi connectivity index (χ1) is 6.21. The maximum absolute atomic E-state index is 3.89. The first-order valence-corrected chi connectivity index (χ1v) is 5.19. The Kier molecular flexibility index (Phi) is 6.30. The molecule has 0 rings (SSSR count). The van der Waals surface area contributed by atoms with Gasteiger partial charge in [0, 0.05) is 0 Å². The third-order valence-electron chi connectivity index (χ3n) is 2.48. The van der Waals surface area contributed by atoms with Crippen molar-refractivity contribution in [3.63, 3.8) is 0 Å². The standard InChI is InChI=1S/C13H22/c1-6-10-12(8-3)13(9-4)11(5)7-2/h6,9-11H,4,7-8H2,1-3,5H3/b10-6-,13-12+. The summed E-state index contributed by atoms with van der Waals surface area (Å²) in [6.45, 7) is 12.6. The Morgan fingerprint density at radius 1 is 1.38 bits per heavy atom. The van der Waals surface area contributed by atoms with Crippen molar-refractivity contribution in [1.29, 1.82) is 0 Å². The van der Waals surface area contributed by atoms with E-state index in [0.29, 0.717) is 5.92 Å². The highest BCUT2D eigenvalue weighted by Crippen LogP contribution is 2.22. The summed E-state index contributed by atoms with van der Waals surface area (Å²) in [5.41, 5.74) is 2.83. The summed E-state index contributed by atoms with van der Waals surface area (Å²) in [4.78, 5) is 0. The minimum absolute atomic E-state index is 0.628. The van der Waals surface area contributed by atoms with Gasteiger partial charge in [-0.1, -0.05) is 45.6 Å². The largest absolute Gasteiger partial charge is 0.0988 e. The molecule has 13 heavy (non-hydrogen) atoms. The van der Waals surface area contributed by atoms with Crippen molar-refractivity contribution in [1.82, 2.24) is 0 Å². The summed E-state index contributed by atoms with van der Waals surface area (Å²) in [6.07, 6.45) is 8.58. The fraction of sp³-hybridized carbons (Fsp3) is 0.538. The molecule has 0 aliphatic rings. The van der Waals surface area contributed by atoms with E-state index in [1.165, 1.54) is 17.6 Å². The molecule has 0 aromatic rings.